The molecule has 0 radical (unpaired) electrons. The van der Waals surface area contributed by atoms with E-state index in [2.05, 4.69) is 39.5 Å². The van der Waals surface area contributed by atoms with Crippen LogP contribution in [0.5, 0.6) is 0 Å². The number of hydrogen-bond donors (Lipinski definition) is 1. The van der Waals surface area contributed by atoms with Gasteiger partial charge in [-0.15, -0.1) is 0 Å². The smallest absolute Gasteiger partial charge is 0.0812 e. The molecule has 2 heterocycles. The van der Waals surface area contributed by atoms with Crippen LogP contribution in [0, 0.1) is 0 Å². The van der Waals surface area contributed by atoms with Crippen molar-refractivity contribution in [2.75, 3.05) is 0 Å². The Morgan fingerprint density at radius 1 is 1.19 bits per heavy atom. The summed E-state index contributed by atoms with van der Waals surface area (Å²) >= 11 is 0. The average molecular weight is 209 g/mol. The fraction of sp³-hybridized carbons (Fsp3) is 0. The number of nitrogens with zero attached hydrogens (tertiary/aromatic N) is 2. The van der Waals surface area contributed by atoms with Crippen LogP contribution in [0.4, 0.5) is 0 Å². The highest BCUT2D eigenvalue weighted by Gasteiger charge is 2.05. The van der Waals surface area contributed by atoms with E-state index in [-0.39, 0.29) is 0 Å². The summed E-state index contributed by atoms with van der Waals surface area (Å²) in [5, 5.41) is 8.06. The Hall–Kier alpha value is -2.29. The first-order valence-corrected chi connectivity index (χ1v) is 5.11. The van der Waals surface area contributed by atoms with Gasteiger partial charge in [-0.25, -0.2) is 0 Å². The van der Waals surface area contributed by atoms with Gasteiger partial charge in [0, 0.05) is 12.4 Å². The zero-order chi connectivity index (χ0) is 11.0. The van der Waals surface area contributed by atoms with Gasteiger partial charge in [-0.3, -0.25) is 5.10 Å². The standard InChI is InChI=1S/C13H11N3/c1-10(12-6-8-14-15-12)16-9-7-11-4-2-3-5-13(11)16/h2-9H,1H2,(H,14,15). The minimum Gasteiger partial charge on any atom is -0.315 e. The fourth-order valence-electron chi connectivity index (χ4n) is 1.86. The summed E-state index contributed by atoms with van der Waals surface area (Å²) in [6.45, 7) is 4.08. The Labute approximate surface area is 93.0 Å². The Balaban J connectivity index is 2.16. The van der Waals surface area contributed by atoms with Crippen LogP contribution in [0.15, 0.2) is 55.4 Å². The van der Waals surface area contributed by atoms with Crippen molar-refractivity contribution in [3.8, 4) is 0 Å². The number of hydrogen-bond acceptors (Lipinski definition) is 1. The number of aromatic nitrogens is 3. The van der Waals surface area contributed by atoms with Gasteiger partial charge in [0.1, 0.15) is 0 Å². The first-order chi connectivity index (χ1) is 7.86. The van der Waals surface area contributed by atoms with E-state index in [0.29, 0.717) is 0 Å². The van der Waals surface area contributed by atoms with Crippen LogP contribution in [0.1, 0.15) is 5.69 Å². The molecule has 0 aliphatic carbocycles. The van der Waals surface area contributed by atoms with Crippen LogP contribution in [0.3, 0.4) is 0 Å². The van der Waals surface area contributed by atoms with Crippen molar-refractivity contribution in [1.29, 1.82) is 0 Å². The van der Waals surface area contributed by atoms with Crippen LogP contribution < -0.4 is 0 Å². The lowest BCUT2D eigenvalue weighted by Crippen LogP contribution is -1.95. The molecule has 78 valence electrons. The van der Waals surface area contributed by atoms with Crippen LogP contribution in [0.25, 0.3) is 16.6 Å². The Bertz CT molecular complexity index is 632. The van der Waals surface area contributed by atoms with E-state index in [0.717, 1.165) is 16.9 Å². The Morgan fingerprint density at radius 2 is 2.06 bits per heavy atom. The van der Waals surface area contributed by atoms with E-state index in [4.69, 9.17) is 0 Å². The summed E-state index contributed by atoms with van der Waals surface area (Å²) < 4.78 is 2.06. The summed E-state index contributed by atoms with van der Waals surface area (Å²) in [4.78, 5) is 0. The van der Waals surface area contributed by atoms with Gasteiger partial charge in [0.15, 0.2) is 0 Å². The van der Waals surface area contributed by atoms with Gasteiger partial charge in [0.05, 0.1) is 16.9 Å². The number of para-hydroxylation sites is 1. The molecule has 0 aliphatic heterocycles. The van der Waals surface area contributed by atoms with Crippen LogP contribution in [-0.2, 0) is 0 Å². The van der Waals surface area contributed by atoms with Crippen molar-refractivity contribution in [3.05, 3.63) is 61.1 Å². The second-order valence-electron chi connectivity index (χ2n) is 3.66. The quantitative estimate of drug-likeness (QED) is 0.691. The molecule has 0 saturated carbocycles. The van der Waals surface area contributed by atoms with E-state index in [1.807, 2.05) is 24.4 Å². The van der Waals surface area contributed by atoms with Crippen molar-refractivity contribution in [1.82, 2.24) is 14.8 Å². The van der Waals surface area contributed by atoms with E-state index in [1.165, 1.54) is 5.39 Å². The van der Waals surface area contributed by atoms with Gasteiger partial charge < -0.3 is 4.57 Å². The molecule has 3 heteroatoms. The predicted octanol–water partition coefficient (Wildman–Crippen LogP) is 2.88. The zero-order valence-corrected chi connectivity index (χ0v) is 8.72. The monoisotopic (exact) mass is 209 g/mol. The molecule has 0 aliphatic rings. The van der Waals surface area contributed by atoms with Gasteiger partial charge in [-0.05, 0) is 23.6 Å². The van der Waals surface area contributed by atoms with Crippen molar-refractivity contribution in [3.63, 3.8) is 0 Å². The van der Waals surface area contributed by atoms with Crippen LogP contribution >= 0.6 is 0 Å². The molecule has 1 aromatic carbocycles. The van der Waals surface area contributed by atoms with E-state index >= 15 is 0 Å². The lowest BCUT2D eigenvalue weighted by atomic mass is 10.2. The zero-order valence-electron chi connectivity index (χ0n) is 8.72. The Kier molecular flexibility index (Phi) is 1.90. The summed E-state index contributed by atoms with van der Waals surface area (Å²) in [6.07, 6.45) is 3.75. The molecule has 3 nitrogen and oxygen atoms in total. The Morgan fingerprint density at radius 3 is 2.88 bits per heavy atom. The molecule has 0 saturated heterocycles. The molecule has 0 amide bonds. The van der Waals surface area contributed by atoms with E-state index in [9.17, 15) is 0 Å². The lowest BCUT2D eigenvalue weighted by Gasteiger charge is -2.06. The van der Waals surface area contributed by atoms with Gasteiger partial charge in [0.2, 0.25) is 0 Å². The number of aromatic amines is 1. The molecular formula is C13H11N3. The minimum absolute atomic E-state index is 0.902. The topological polar surface area (TPSA) is 33.6 Å². The van der Waals surface area contributed by atoms with Gasteiger partial charge in [0.25, 0.3) is 0 Å². The fourth-order valence-corrected chi connectivity index (χ4v) is 1.86. The normalized spacial score (nSPS) is 10.8. The molecule has 1 N–H and O–H groups in total. The second-order valence-corrected chi connectivity index (χ2v) is 3.66. The maximum Gasteiger partial charge on any atom is 0.0812 e. The number of nitrogens with one attached hydrogen (secondary N) is 1. The van der Waals surface area contributed by atoms with Gasteiger partial charge >= 0.3 is 0 Å². The molecule has 16 heavy (non-hydrogen) atoms. The SMILES string of the molecule is C=C(c1ccn[nH]1)n1ccc2ccccc21. The largest absolute Gasteiger partial charge is 0.315 e. The molecule has 0 unspecified atom stereocenters. The summed E-state index contributed by atoms with van der Waals surface area (Å²) in [7, 11) is 0. The van der Waals surface area contributed by atoms with Crippen molar-refractivity contribution < 1.29 is 0 Å². The highest BCUT2D eigenvalue weighted by Crippen LogP contribution is 2.21. The summed E-state index contributed by atoms with van der Waals surface area (Å²) in [5.74, 6) is 0. The minimum atomic E-state index is 0.902. The molecule has 0 bridgehead atoms. The third-order valence-corrected chi connectivity index (χ3v) is 2.70. The van der Waals surface area contributed by atoms with E-state index in [1.54, 1.807) is 6.20 Å². The molecule has 0 spiro atoms. The second kappa shape index (κ2) is 3.38. The number of rotatable bonds is 2. The maximum atomic E-state index is 4.08. The molecule has 0 atom stereocenters. The average Bonchev–Trinajstić information content (AvgIpc) is 2.98. The van der Waals surface area contributed by atoms with E-state index < -0.39 is 0 Å². The highest BCUT2D eigenvalue weighted by atomic mass is 15.1. The molecule has 3 rings (SSSR count). The highest BCUT2D eigenvalue weighted by molar-refractivity contribution is 5.84. The summed E-state index contributed by atoms with van der Waals surface area (Å²) in [6, 6.07) is 12.2. The molecule has 0 fully saturated rings. The lowest BCUT2D eigenvalue weighted by molar-refractivity contribution is 1.04. The number of H-pyrrole nitrogens is 1. The molecule has 2 aromatic heterocycles. The first kappa shape index (κ1) is 8.97. The third-order valence-electron chi connectivity index (χ3n) is 2.70. The predicted molar refractivity (Wildman–Crippen MR) is 65.0 cm³/mol. The van der Waals surface area contributed by atoms with Crippen molar-refractivity contribution in [2.45, 2.75) is 0 Å². The molecular weight excluding hydrogens is 198 g/mol. The third kappa shape index (κ3) is 1.26. The van der Waals surface area contributed by atoms with Crippen molar-refractivity contribution >= 4 is 16.6 Å². The van der Waals surface area contributed by atoms with Crippen LogP contribution in [0.2, 0.25) is 0 Å². The van der Waals surface area contributed by atoms with Crippen LogP contribution in [-0.4, -0.2) is 14.8 Å². The van der Waals surface area contributed by atoms with Gasteiger partial charge in [-0.1, -0.05) is 24.8 Å². The maximum absolute atomic E-state index is 4.08. The van der Waals surface area contributed by atoms with Crippen molar-refractivity contribution in [2.24, 2.45) is 0 Å². The molecule has 3 aromatic rings. The van der Waals surface area contributed by atoms with Gasteiger partial charge in [-0.2, -0.15) is 5.10 Å². The number of fused-ring (bicyclic) bond motifs is 1. The summed E-state index contributed by atoms with van der Waals surface area (Å²) in [5.41, 5.74) is 2.99. The number of benzene rings is 1. The first-order valence-electron chi connectivity index (χ1n) is 5.11.